The molecule has 4 aromatic rings. The largest absolute Gasteiger partial charge is 0.489 e. The number of carbonyl (C=O) groups is 3. The first kappa shape index (κ1) is 30.6. The van der Waals surface area contributed by atoms with E-state index in [9.17, 15) is 14.4 Å². The predicted molar refractivity (Wildman–Crippen MR) is 179 cm³/mol. The molecule has 0 spiro atoms. The summed E-state index contributed by atoms with van der Waals surface area (Å²) in [5.41, 5.74) is 5.86. The Labute approximate surface area is 271 Å². The van der Waals surface area contributed by atoms with Crippen LogP contribution in [0.25, 0.3) is 11.8 Å². The van der Waals surface area contributed by atoms with Crippen LogP contribution in [0.3, 0.4) is 0 Å². The maximum Gasteiger partial charge on any atom is 0.294 e. The maximum absolute atomic E-state index is 13.3. The molecule has 0 bridgehead atoms. The zero-order valence-electron chi connectivity index (χ0n) is 25.1. The zero-order chi connectivity index (χ0) is 31.5. The van der Waals surface area contributed by atoms with Gasteiger partial charge in [-0.15, -0.1) is 0 Å². The average Bonchev–Trinajstić information content (AvgIpc) is 3.49. The Kier molecular flexibility index (Phi) is 9.00. The van der Waals surface area contributed by atoms with Crippen LogP contribution in [0.5, 0.6) is 5.75 Å². The Bertz CT molecular complexity index is 1740. The minimum absolute atomic E-state index is 0.218. The van der Waals surface area contributed by atoms with Crippen LogP contribution in [0.4, 0.5) is 10.5 Å². The number of halogens is 1. The van der Waals surface area contributed by atoms with Crippen molar-refractivity contribution >= 4 is 52.2 Å². The number of ether oxygens (including phenoxy) is 1. The van der Waals surface area contributed by atoms with Crippen molar-refractivity contribution in [3.05, 3.63) is 117 Å². The van der Waals surface area contributed by atoms with E-state index in [1.54, 1.807) is 11.0 Å². The van der Waals surface area contributed by atoms with E-state index in [4.69, 9.17) is 16.3 Å². The number of aryl methyl sites for hydroxylation is 1. The molecule has 45 heavy (non-hydrogen) atoms. The molecule has 2 aliphatic heterocycles. The number of imide groups is 1. The standard InChI is InChI=1S/C35H33ClN4O4S/c1-24-20-27(25(2)40(24)30-12-14-31(15-13-30)44-23-26-8-10-28(36)11-9-26)21-32-34(42)39(35(43)45-32)22-33(41)38-18-16-37(17-19-38)29-6-4-3-5-7-29/h3-15,20-21H,16-19,22-23H2,1-2H3/b32-21-. The van der Waals surface area contributed by atoms with Crippen molar-refractivity contribution in [2.24, 2.45) is 0 Å². The third-order valence-corrected chi connectivity index (χ3v) is 9.25. The van der Waals surface area contributed by atoms with Crippen LogP contribution < -0.4 is 9.64 Å². The lowest BCUT2D eigenvalue weighted by molar-refractivity contribution is -0.136. The van der Waals surface area contributed by atoms with E-state index in [1.165, 1.54) is 0 Å². The molecule has 6 rings (SSSR count). The molecule has 3 heterocycles. The molecule has 2 fully saturated rings. The Morgan fingerprint density at radius 2 is 1.58 bits per heavy atom. The first-order valence-electron chi connectivity index (χ1n) is 14.8. The van der Waals surface area contributed by atoms with Gasteiger partial charge < -0.3 is 19.1 Å². The fourth-order valence-corrected chi connectivity index (χ4v) is 6.59. The van der Waals surface area contributed by atoms with Crippen LogP contribution in [0, 0.1) is 13.8 Å². The van der Waals surface area contributed by atoms with Crippen molar-refractivity contribution in [1.82, 2.24) is 14.4 Å². The van der Waals surface area contributed by atoms with Crippen LogP contribution in [0.1, 0.15) is 22.5 Å². The van der Waals surface area contributed by atoms with Crippen molar-refractivity contribution < 1.29 is 19.1 Å². The fraction of sp³-hybridized carbons (Fsp3) is 0.229. The SMILES string of the molecule is Cc1cc(/C=C2\SC(=O)N(CC(=O)N3CCN(c4ccccc4)CC3)C2=O)c(C)n1-c1ccc(OCc2ccc(Cl)cc2)cc1. The monoisotopic (exact) mass is 640 g/mol. The summed E-state index contributed by atoms with van der Waals surface area (Å²) in [6.45, 7) is 6.65. The number of anilines is 1. The second kappa shape index (κ2) is 13.3. The minimum atomic E-state index is -0.437. The van der Waals surface area contributed by atoms with Crippen LogP contribution in [-0.4, -0.2) is 64.1 Å². The number of amides is 3. The van der Waals surface area contributed by atoms with Crippen LogP contribution in [-0.2, 0) is 16.2 Å². The van der Waals surface area contributed by atoms with Gasteiger partial charge in [0.2, 0.25) is 5.91 Å². The molecule has 0 saturated carbocycles. The molecule has 0 N–H and O–H groups in total. The summed E-state index contributed by atoms with van der Waals surface area (Å²) in [4.78, 5) is 44.5. The van der Waals surface area contributed by atoms with Crippen LogP contribution in [0.15, 0.2) is 89.8 Å². The molecule has 2 saturated heterocycles. The van der Waals surface area contributed by atoms with E-state index in [0.29, 0.717) is 42.7 Å². The first-order valence-corrected chi connectivity index (χ1v) is 16.0. The second-order valence-electron chi connectivity index (χ2n) is 11.0. The summed E-state index contributed by atoms with van der Waals surface area (Å²) >= 11 is 6.84. The smallest absolute Gasteiger partial charge is 0.294 e. The van der Waals surface area contributed by atoms with Gasteiger partial charge in [-0.25, -0.2) is 0 Å². The fourth-order valence-electron chi connectivity index (χ4n) is 5.64. The molecule has 10 heteroatoms. The number of rotatable bonds is 8. The molecule has 3 amide bonds. The number of piperazine rings is 1. The third kappa shape index (κ3) is 6.79. The number of hydrogen-bond acceptors (Lipinski definition) is 6. The highest BCUT2D eigenvalue weighted by molar-refractivity contribution is 8.18. The van der Waals surface area contributed by atoms with Gasteiger partial charge in [-0.1, -0.05) is 41.9 Å². The summed E-state index contributed by atoms with van der Waals surface area (Å²) in [5, 5.41) is 0.264. The number of aromatic nitrogens is 1. The highest BCUT2D eigenvalue weighted by Gasteiger charge is 2.37. The summed E-state index contributed by atoms with van der Waals surface area (Å²) in [7, 11) is 0. The highest BCUT2D eigenvalue weighted by atomic mass is 35.5. The topological polar surface area (TPSA) is 75.1 Å². The van der Waals surface area contributed by atoms with Gasteiger partial charge in [0, 0.05) is 54.0 Å². The van der Waals surface area contributed by atoms with Crippen molar-refractivity contribution in [2.75, 3.05) is 37.6 Å². The molecule has 0 aliphatic carbocycles. The van der Waals surface area contributed by atoms with Gasteiger partial charge in [0.15, 0.2) is 0 Å². The third-order valence-electron chi connectivity index (χ3n) is 8.09. The van der Waals surface area contributed by atoms with E-state index in [0.717, 1.165) is 56.3 Å². The summed E-state index contributed by atoms with van der Waals surface area (Å²) < 4.78 is 8.03. The highest BCUT2D eigenvalue weighted by Crippen LogP contribution is 2.34. The average molecular weight is 641 g/mol. The van der Waals surface area contributed by atoms with Crippen molar-refractivity contribution in [2.45, 2.75) is 20.5 Å². The number of hydrogen-bond donors (Lipinski definition) is 0. The van der Waals surface area contributed by atoms with Crippen molar-refractivity contribution in [3.8, 4) is 11.4 Å². The quantitative estimate of drug-likeness (QED) is 0.199. The predicted octanol–water partition coefficient (Wildman–Crippen LogP) is 6.71. The van der Waals surface area contributed by atoms with E-state index < -0.39 is 11.1 Å². The van der Waals surface area contributed by atoms with Gasteiger partial charge in [-0.3, -0.25) is 19.3 Å². The Morgan fingerprint density at radius 3 is 2.27 bits per heavy atom. The van der Waals surface area contributed by atoms with E-state index in [-0.39, 0.29) is 12.5 Å². The second-order valence-corrected chi connectivity index (χ2v) is 12.5. The van der Waals surface area contributed by atoms with Gasteiger partial charge in [-0.2, -0.15) is 0 Å². The molecule has 8 nitrogen and oxygen atoms in total. The van der Waals surface area contributed by atoms with Crippen LogP contribution >= 0.6 is 23.4 Å². The molecule has 0 atom stereocenters. The van der Waals surface area contributed by atoms with Gasteiger partial charge in [0.05, 0.1) is 4.91 Å². The van der Waals surface area contributed by atoms with Gasteiger partial charge in [0.25, 0.3) is 11.1 Å². The first-order chi connectivity index (χ1) is 21.8. The normalized spacial score (nSPS) is 16.2. The summed E-state index contributed by atoms with van der Waals surface area (Å²) in [5.74, 6) is 0.0935. The number of para-hydroxylation sites is 1. The lowest BCUT2D eigenvalue weighted by atomic mass is 10.2. The maximum atomic E-state index is 13.3. The number of benzene rings is 3. The molecular weight excluding hydrogens is 608 g/mol. The van der Waals surface area contributed by atoms with Gasteiger partial charge >= 0.3 is 0 Å². The Balaban J connectivity index is 1.09. The van der Waals surface area contributed by atoms with E-state index in [2.05, 4.69) is 21.6 Å². The molecule has 1 aromatic heterocycles. The minimum Gasteiger partial charge on any atom is -0.489 e. The molecule has 3 aromatic carbocycles. The molecule has 230 valence electrons. The lowest BCUT2D eigenvalue weighted by Gasteiger charge is -2.36. The lowest BCUT2D eigenvalue weighted by Crippen LogP contribution is -2.51. The van der Waals surface area contributed by atoms with Crippen molar-refractivity contribution in [1.29, 1.82) is 0 Å². The Hall–Kier alpha value is -4.47. The van der Waals surface area contributed by atoms with Crippen molar-refractivity contribution in [3.63, 3.8) is 0 Å². The van der Waals surface area contributed by atoms with Crippen LogP contribution in [0.2, 0.25) is 5.02 Å². The number of thioether (sulfide) groups is 1. The van der Waals surface area contributed by atoms with Gasteiger partial charge in [0.1, 0.15) is 18.9 Å². The summed E-state index contributed by atoms with van der Waals surface area (Å²) in [6, 6.07) is 27.4. The number of carbonyl (C=O) groups excluding carboxylic acids is 3. The zero-order valence-corrected chi connectivity index (χ0v) is 26.7. The molecular formula is C35H33ClN4O4S. The van der Waals surface area contributed by atoms with Gasteiger partial charge in [-0.05, 0) is 97.4 Å². The molecule has 0 radical (unpaired) electrons. The summed E-state index contributed by atoms with van der Waals surface area (Å²) in [6.07, 6.45) is 1.75. The molecule has 2 aliphatic rings. The number of nitrogens with zero attached hydrogens (tertiary/aromatic N) is 4. The Morgan fingerprint density at radius 1 is 0.889 bits per heavy atom. The van der Waals surface area contributed by atoms with E-state index >= 15 is 0 Å². The van der Waals surface area contributed by atoms with E-state index in [1.807, 2.05) is 86.6 Å². The molecule has 0 unspecified atom stereocenters.